The molecule has 1 aromatic carbocycles. The Hall–Kier alpha value is -1.02. The Bertz CT molecular complexity index is 435. The highest BCUT2D eigenvalue weighted by atomic mass is 16.5. The van der Waals surface area contributed by atoms with Crippen molar-refractivity contribution in [1.29, 1.82) is 0 Å². The molecule has 0 saturated heterocycles. The van der Waals surface area contributed by atoms with Crippen LogP contribution in [-0.2, 0) is 6.42 Å². The molecule has 1 N–H and O–H groups in total. The van der Waals surface area contributed by atoms with Crippen molar-refractivity contribution in [1.82, 2.24) is 5.32 Å². The quantitative estimate of drug-likeness (QED) is 0.761. The van der Waals surface area contributed by atoms with E-state index in [4.69, 9.17) is 4.74 Å². The van der Waals surface area contributed by atoms with Gasteiger partial charge in [-0.05, 0) is 76.6 Å². The van der Waals surface area contributed by atoms with Gasteiger partial charge in [0.15, 0.2) is 0 Å². The van der Waals surface area contributed by atoms with Crippen LogP contribution in [0.25, 0.3) is 0 Å². The van der Waals surface area contributed by atoms with Gasteiger partial charge in [-0.25, -0.2) is 0 Å². The lowest BCUT2D eigenvalue weighted by Gasteiger charge is -2.29. The van der Waals surface area contributed by atoms with Crippen molar-refractivity contribution in [2.45, 2.75) is 58.8 Å². The summed E-state index contributed by atoms with van der Waals surface area (Å²) in [5.74, 6) is 1.09. The molecule has 0 radical (unpaired) electrons. The van der Waals surface area contributed by atoms with Gasteiger partial charge in [-0.3, -0.25) is 0 Å². The molecule has 0 amide bonds. The molecule has 0 atom stereocenters. The topological polar surface area (TPSA) is 21.3 Å². The summed E-state index contributed by atoms with van der Waals surface area (Å²) in [6, 6.07) is 6.61. The van der Waals surface area contributed by atoms with E-state index >= 15 is 0 Å². The van der Waals surface area contributed by atoms with Crippen molar-refractivity contribution >= 4 is 0 Å². The fourth-order valence-electron chi connectivity index (χ4n) is 3.74. The smallest absolute Gasteiger partial charge is 0.122 e. The summed E-state index contributed by atoms with van der Waals surface area (Å²) < 4.78 is 5.81. The summed E-state index contributed by atoms with van der Waals surface area (Å²) in [6.45, 7) is 6.13. The minimum atomic E-state index is 0.566. The van der Waals surface area contributed by atoms with Crippen LogP contribution >= 0.6 is 0 Å². The summed E-state index contributed by atoms with van der Waals surface area (Å²) in [6.07, 6.45) is 9.42. The average molecular weight is 289 g/mol. The van der Waals surface area contributed by atoms with Gasteiger partial charge in [0.2, 0.25) is 0 Å². The van der Waals surface area contributed by atoms with Crippen molar-refractivity contribution in [3.8, 4) is 5.75 Å². The molecule has 0 aliphatic heterocycles. The summed E-state index contributed by atoms with van der Waals surface area (Å²) >= 11 is 0. The van der Waals surface area contributed by atoms with Crippen molar-refractivity contribution in [3.05, 3.63) is 29.3 Å². The molecule has 0 bridgehead atoms. The van der Waals surface area contributed by atoms with E-state index < -0.39 is 0 Å². The number of benzene rings is 1. The predicted octanol–water partition coefficient (Wildman–Crippen LogP) is 4.50. The monoisotopic (exact) mass is 289 g/mol. The summed E-state index contributed by atoms with van der Waals surface area (Å²) in [5, 5.41) is 3.33. The first-order chi connectivity index (χ1) is 10.2. The SMILES string of the molecule is CCOc1ccc(C)cc1CCC1(CCNC)CCCC1. The van der Waals surface area contributed by atoms with Gasteiger partial charge >= 0.3 is 0 Å². The van der Waals surface area contributed by atoms with Crippen LogP contribution in [-0.4, -0.2) is 20.2 Å². The maximum Gasteiger partial charge on any atom is 0.122 e. The maximum absolute atomic E-state index is 5.81. The third-order valence-electron chi connectivity index (χ3n) is 5.01. The van der Waals surface area contributed by atoms with Crippen molar-refractivity contribution in [2.75, 3.05) is 20.2 Å². The van der Waals surface area contributed by atoms with Gasteiger partial charge in [0.1, 0.15) is 5.75 Å². The largest absolute Gasteiger partial charge is 0.494 e. The molecule has 1 saturated carbocycles. The lowest BCUT2D eigenvalue weighted by molar-refractivity contribution is 0.245. The van der Waals surface area contributed by atoms with Crippen LogP contribution in [0.3, 0.4) is 0 Å². The van der Waals surface area contributed by atoms with Crippen LogP contribution in [0, 0.1) is 12.3 Å². The average Bonchev–Trinajstić information content (AvgIpc) is 2.95. The molecule has 0 aromatic heterocycles. The Kier molecular flexibility index (Phi) is 6.10. The first-order valence-corrected chi connectivity index (χ1v) is 8.56. The highest BCUT2D eigenvalue weighted by Crippen LogP contribution is 2.45. The molecule has 1 aromatic rings. The summed E-state index contributed by atoms with van der Waals surface area (Å²) in [4.78, 5) is 0. The van der Waals surface area contributed by atoms with E-state index in [2.05, 4.69) is 44.4 Å². The first-order valence-electron chi connectivity index (χ1n) is 8.56. The van der Waals surface area contributed by atoms with Gasteiger partial charge in [-0.2, -0.15) is 0 Å². The third-order valence-corrected chi connectivity index (χ3v) is 5.01. The Morgan fingerprint density at radius 3 is 2.62 bits per heavy atom. The number of ether oxygens (including phenoxy) is 1. The highest BCUT2D eigenvalue weighted by molar-refractivity contribution is 5.37. The number of hydrogen-bond acceptors (Lipinski definition) is 2. The van der Waals surface area contributed by atoms with Crippen LogP contribution in [0.2, 0.25) is 0 Å². The number of aryl methyl sites for hydroxylation is 2. The second kappa shape index (κ2) is 7.84. The molecule has 21 heavy (non-hydrogen) atoms. The van der Waals surface area contributed by atoms with E-state index in [9.17, 15) is 0 Å². The van der Waals surface area contributed by atoms with Crippen molar-refractivity contribution in [2.24, 2.45) is 5.41 Å². The molecule has 118 valence electrons. The van der Waals surface area contributed by atoms with Crippen LogP contribution in [0.1, 0.15) is 56.6 Å². The molecule has 0 unspecified atom stereocenters. The van der Waals surface area contributed by atoms with Crippen LogP contribution in [0.5, 0.6) is 5.75 Å². The van der Waals surface area contributed by atoms with Crippen LogP contribution in [0.4, 0.5) is 0 Å². The molecule has 1 aliphatic rings. The van der Waals surface area contributed by atoms with Crippen LogP contribution < -0.4 is 10.1 Å². The molecule has 0 spiro atoms. The van der Waals surface area contributed by atoms with Gasteiger partial charge in [0.05, 0.1) is 6.61 Å². The number of rotatable bonds is 8. The van der Waals surface area contributed by atoms with Crippen LogP contribution in [0.15, 0.2) is 18.2 Å². The number of hydrogen-bond donors (Lipinski definition) is 1. The fraction of sp³-hybridized carbons (Fsp3) is 0.684. The second-order valence-corrected chi connectivity index (χ2v) is 6.60. The van der Waals surface area contributed by atoms with Crippen molar-refractivity contribution in [3.63, 3.8) is 0 Å². The zero-order valence-corrected chi connectivity index (χ0v) is 14.0. The highest BCUT2D eigenvalue weighted by Gasteiger charge is 2.32. The molecule has 2 heteroatoms. The Labute approximate surface area is 130 Å². The van der Waals surface area contributed by atoms with Gasteiger partial charge in [-0.15, -0.1) is 0 Å². The molecular formula is C19H31NO. The molecule has 2 nitrogen and oxygen atoms in total. The van der Waals surface area contributed by atoms with E-state index in [1.54, 1.807) is 0 Å². The lowest BCUT2D eigenvalue weighted by atomic mass is 9.77. The van der Waals surface area contributed by atoms with E-state index in [0.29, 0.717) is 5.41 Å². The number of nitrogens with one attached hydrogen (secondary N) is 1. The third kappa shape index (κ3) is 4.47. The Morgan fingerprint density at radius 1 is 1.19 bits per heavy atom. The maximum atomic E-state index is 5.81. The van der Waals surface area contributed by atoms with Gasteiger partial charge in [-0.1, -0.05) is 30.5 Å². The van der Waals surface area contributed by atoms with Crippen molar-refractivity contribution < 1.29 is 4.74 Å². The normalized spacial score (nSPS) is 17.1. The Balaban J connectivity index is 2.04. The minimum Gasteiger partial charge on any atom is -0.494 e. The molecule has 0 heterocycles. The predicted molar refractivity (Wildman–Crippen MR) is 90.1 cm³/mol. The molecular weight excluding hydrogens is 258 g/mol. The minimum absolute atomic E-state index is 0.566. The second-order valence-electron chi connectivity index (χ2n) is 6.60. The molecule has 1 fully saturated rings. The van der Waals surface area contributed by atoms with Gasteiger partial charge in [0, 0.05) is 0 Å². The van der Waals surface area contributed by atoms with E-state index in [0.717, 1.165) is 25.3 Å². The standard InChI is InChI=1S/C19H31NO/c1-4-21-18-8-7-16(2)15-17(18)9-12-19(13-14-20-3)10-5-6-11-19/h7-8,15,20H,4-6,9-14H2,1-3H3. The van der Waals surface area contributed by atoms with E-state index in [-0.39, 0.29) is 0 Å². The summed E-state index contributed by atoms with van der Waals surface area (Å²) in [7, 11) is 2.07. The Morgan fingerprint density at radius 2 is 1.95 bits per heavy atom. The molecule has 1 aliphatic carbocycles. The van der Waals surface area contributed by atoms with Gasteiger partial charge < -0.3 is 10.1 Å². The molecule has 2 rings (SSSR count). The van der Waals surface area contributed by atoms with Gasteiger partial charge in [0.25, 0.3) is 0 Å². The fourth-order valence-corrected chi connectivity index (χ4v) is 3.74. The summed E-state index contributed by atoms with van der Waals surface area (Å²) in [5.41, 5.74) is 3.30. The lowest BCUT2D eigenvalue weighted by Crippen LogP contribution is -2.23. The van der Waals surface area contributed by atoms with E-state index in [1.807, 2.05) is 0 Å². The zero-order chi connectivity index (χ0) is 15.1. The van der Waals surface area contributed by atoms with E-state index in [1.165, 1.54) is 49.7 Å². The zero-order valence-electron chi connectivity index (χ0n) is 14.0. The first kappa shape index (κ1) is 16.4.